The Morgan fingerprint density at radius 2 is 1.77 bits per heavy atom. The molecule has 5 aromatic rings. The van der Waals surface area contributed by atoms with Crippen molar-refractivity contribution in [3.63, 3.8) is 0 Å². The van der Waals surface area contributed by atoms with Gasteiger partial charge in [-0.25, -0.2) is 9.18 Å². The predicted octanol–water partition coefficient (Wildman–Crippen LogP) is 7.95. The van der Waals surface area contributed by atoms with E-state index in [2.05, 4.69) is 0 Å². The van der Waals surface area contributed by atoms with Crippen LogP contribution in [-0.2, 0) is 6.61 Å². The van der Waals surface area contributed by atoms with Crippen molar-refractivity contribution >= 4 is 40.4 Å². The third kappa shape index (κ3) is 4.83. The molecule has 0 amide bonds. The lowest BCUT2D eigenvalue weighted by molar-refractivity contribution is 0.0734. The van der Waals surface area contributed by atoms with Crippen LogP contribution in [-0.4, -0.2) is 11.8 Å². The van der Waals surface area contributed by atoms with Gasteiger partial charge >= 0.3 is 5.97 Å². The second-order valence-electron chi connectivity index (χ2n) is 9.09. The number of ketones is 1. The topological polar surface area (TPSA) is 75.0 Å². The minimum atomic E-state index is -0.644. The van der Waals surface area contributed by atoms with Gasteiger partial charge in [0.15, 0.2) is 5.76 Å². The number of Topliss-reactive ketones (excluding diaryl/α,β-unsaturated/α-hetero) is 1. The standard InChI is InChI=1S/C32H20ClFO6/c1-18-30(24-14-20(11-13-27(24)38-18)37-17-19-6-3-2-4-7-19)32(36)39-21-10-12-22-28(15-21)40-29(31(22)35)16-23-25(33)8-5-9-26(23)34/h2-16H,17H2,1H3. The lowest BCUT2D eigenvalue weighted by Gasteiger charge is -2.07. The molecule has 6 rings (SSSR count). The number of furan rings is 1. The molecule has 0 saturated heterocycles. The van der Waals surface area contributed by atoms with Crippen LogP contribution >= 0.6 is 11.6 Å². The summed E-state index contributed by atoms with van der Waals surface area (Å²) in [6, 6.07) is 23.6. The summed E-state index contributed by atoms with van der Waals surface area (Å²) < 4.78 is 37.2. The molecule has 40 heavy (non-hydrogen) atoms. The molecule has 0 saturated carbocycles. The Bertz CT molecular complexity index is 1800. The Balaban J connectivity index is 1.23. The van der Waals surface area contributed by atoms with E-state index in [0.717, 1.165) is 5.56 Å². The summed E-state index contributed by atoms with van der Waals surface area (Å²) in [7, 11) is 0. The van der Waals surface area contributed by atoms with Gasteiger partial charge in [-0.3, -0.25) is 4.79 Å². The highest BCUT2D eigenvalue weighted by Crippen LogP contribution is 2.37. The van der Waals surface area contributed by atoms with Gasteiger partial charge in [-0.05, 0) is 61.0 Å². The Labute approximate surface area is 233 Å². The van der Waals surface area contributed by atoms with E-state index in [1.165, 1.54) is 42.5 Å². The fourth-order valence-electron chi connectivity index (χ4n) is 4.45. The maximum Gasteiger partial charge on any atom is 0.347 e. The number of allylic oxidation sites excluding steroid dienone is 1. The van der Waals surface area contributed by atoms with Crippen LogP contribution < -0.4 is 14.2 Å². The molecular weight excluding hydrogens is 535 g/mol. The second-order valence-corrected chi connectivity index (χ2v) is 9.50. The number of carbonyl (C=O) groups excluding carboxylic acids is 2. The van der Waals surface area contributed by atoms with E-state index >= 15 is 0 Å². The van der Waals surface area contributed by atoms with Crippen LogP contribution in [0, 0.1) is 12.7 Å². The molecule has 0 fully saturated rings. The number of fused-ring (bicyclic) bond motifs is 2. The van der Waals surface area contributed by atoms with Crippen molar-refractivity contribution in [2.24, 2.45) is 0 Å². The van der Waals surface area contributed by atoms with E-state index in [-0.39, 0.29) is 39.0 Å². The van der Waals surface area contributed by atoms with E-state index in [1.807, 2.05) is 30.3 Å². The van der Waals surface area contributed by atoms with Crippen molar-refractivity contribution in [1.82, 2.24) is 0 Å². The first-order chi connectivity index (χ1) is 19.4. The molecule has 0 bridgehead atoms. The maximum absolute atomic E-state index is 14.2. The molecular formula is C32H20ClFO6. The fraction of sp³-hybridized carbons (Fsp3) is 0.0625. The summed E-state index contributed by atoms with van der Waals surface area (Å²) in [6.45, 7) is 2.05. The monoisotopic (exact) mass is 554 g/mol. The molecule has 8 heteroatoms. The van der Waals surface area contributed by atoms with E-state index in [9.17, 15) is 14.0 Å². The molecule has 0 radical (unpaired) electrons. The van der Waals surface area contributed by atoms with Crippen molar-refractivity contribution in [2.75, 3.05) is 0 Å². The zero-order valence-electron chi connectivity index (χ0n) is 21.1. The average Bonchev–Trinajstić information content (AvgIpc) is 3.44. The van der Waals surface area contributed by atoms with Gasteiger partial charge in [0.2, 0.25) is 5.78 Å². The van der Waals surface area contributed by atoms with Crippen molar-refractivity contribution in [1.29, 1.82) is 0 Å². The van der Waals surface area contributed by atoms with Crippen LogP contribution in [0.15, 0.2) is 95.1 Å². The van der Waals surface area contributed by atoms with Crippen LogP contribution in [0.3, 0.4) is 0 Å². The lowest BCUT2D eigenvalue weighted by atomic mass is 10.1. The van der Waals surface area contributed by atoms with Gasteiger partial charge in [0.05, 0.1) is 10.6 Å². The molecule has 2 heterocycles. The molecule has 0 aliphatic carbocycles. The molecule has 0 spiro atoms. The number of benzene rings is 4. The van der Waals surface area contributed by atoms with E-state index < -0.39 is 17.6 Å². The van der Waals surface area contributed by atoms with Crippen molar-refractivity contribution in [2.45, 2.75) is 13.5 Å². The lowest BCUT2D eigenvalue weighted by Crippen LogP contribution is -2.09. The zero-order valence-corrected chi connectivity index (χ0v) is 21.8. The van der Waals surface area contributed by atoms with Gasteiger partial charge in [0.25, 0.3) is 0 Å². The minimum Gasteiger partial charge on any atom is -0.489 e. The maximum atomic E-state index is 14.2. The quantitative estimate of drug-likeness (QED) is 0.120. The summed E-state index contributed by atoms with van der Waals surface area (Å²) in [5, 5.41) is 0.693. The molecule has 0 atom stereocenters. The Morgan fingerprint density at radius 3 is 2.58 bits per heavy atom. The largest absolute Gasteiger partial charge is 0.489 e. The highest BCUT2D eigenvalue weighted by Gasteiger charge is 2.29. The molecule has 1 aliphatic rings. The normalized spacial score (nSPS) is 13.4. The molecule has 0 unspecified atom stereocenters. The van der Waals surface area contributed by atoms with Gasteiger partial charge in [-0.1, -0.05) is 48.0 Å². The molecule has 1 aromatic heterocycles. The first-order valence-corrected chi connectivity index (χ1v) is 12.7. The summed E-state index contributed by atoms with van der Waals surface area (Å²) >= 11 is 6.08. The zero-order chi connectivity index (χ0) is 27.8. The van der Waals surface area contributed by atoms with Crippen molar-refractivity contribution < 1.29 is 32.6 Å². The molecule has 1 aliphatic heterocycles. The molecule has 198 valence electrons. The van der Waals surface area contributed by atoms with Crippen LogP contribution in [0.1, 0.15) is 37.6 Å². The van der Waals surface area contributed by atoms with Crippen LogP contribution in [0.2, 0.25) is 5.02 Å². The Hall–Kier alpha value is -4.88. The van der Waals surface area contributed by atoms with Gasteiger partial charge in [-0.15, -0.1) is 0 Å². The van der Waals surface area contributed by atoms with E-state index in [1.54, 1.807) is 25.1 Å². The number of esters is 1. The first kappa shape index (κ1) is 25.4. The summed E-state index contributed by atoms with van der Waals surface area (Å²) in [4.78, 5) is 26.1. The summed E-state index contributed by atoms with van der Waals surface area (Å²) in [5.74, 6) is -0.457. The molecule has 0 N–H and O–H groups in total. The molecule has 6 nitrogen and oxygen atoms in total. The van der Waals surface area contributed by atoms with Crippen LogP contribution in [0.4, 0.5) is 4.39 Å². The first-order valence-electron chi connectivity index (χ1n) is 12.3. The predicted molar refractivity (Wildman–Crippen MR) is 147 cm³/mol. The second kappa shape index (κ2) is 10.4. The number of ether oxygens (including phenoxy) is 3. The van der Waals surface area contributed by atoms with E-state index in [4.69, 9.17) is 30.2 Å². The average molecular weight is 555 g/mol. The Kier molecular flexibility index (Phi) is 6.58. The number of halogens is 2. The highest BCUT2D eigenvalue weighted by molar-refractivity contribution is 6.32. The van der Waals surface area contributed by atoms with Gasteiger partial charge in [0.1, 0.15) is 46.6 Å². The molecule has 4 aromatic carbocycles. The van der Waals surface area contributed by atoms with Gasteiger partial charge < -0.3 is 18.6 Å². The van der Waals surface area contributed by atoms with Gasteiger partial charge in [0, 0.05) is 17.0 Å². The fourth-order valence-corrected chi connectivity index (χ4v) is 4.67. The summed E-state index contributed by atoms with van der Waals surface area (Å²) in [6.07, 6.45) is 1.25. The Morgan fingerprint density at radius 1 is 0.975 bits per heavy atom. The smallest absolute Gasteiger partial charge is 0.347 e. The minimum absolute atomic E-state index is 0.0430. The SMILES string of the molecule is Cc1oc2ccc(OCc3ccccc3)cc2c1C(=O)Oc1ccc2c(c1)OC(=Cc1c(F)cccc1Cl)C2=O. The third-order valence-electron chi connectivity index (χ3n) is 6.42. The number of carbonyl (C=O) groups is 2. The number of rotatable bonds is 6. The highest BCUT2D eigenvalue weighted by atomic mass is 35.5. The number of hydrogen-bond donors (Lipinski definition) is 0. The summed E-state index contributed by atoms with van der Waals surface area (Å²) in [5.41, 5.74) is 2.08. The van der Waals surface area contributed by atoms with Crippen LogP contribution in [0.5, 0.6) is 17.2 Å². The van der Waals surface area contributed by atoms with Crippen LogP contribution in [0.25, 0.3) is 17.0 Å². The van der Waals surface area contributed by atoms with Crippen molar-refractivity contribution in [3.05, 3.63) is 130 Å². The van der Waals surface area contributed by atoms with Crippen molar-refractivity contribution in [3.8, 4) is 17.2 Å². The third-order valence-corrected chi connectivity index (χ3v) is 6.74. The number of aryl methyl sites for hydroxylation is 1. The van der Waals surface area contributed by atoms with Gasteiger partial charge in [-0.2, -0.15) is 0 Å². The van der Waals surface area contributed by atoms with E-state index in [0.29, 0.717) is 29.1 Å². The number of hydrogen-bond acceptors (Lipinski definition) is 6.